The highest BCUT2D eigenvalue weighted by atomic mass is 32.2. The summed E-state index contributed by atoms with van der Waals surface area (Å²) in [5.41, 5.74) is -1.65. The summed E-state index contributed by atoms with van der Waals surface area (Å²) >= 11 is 0. The molecule has 1 aliphatic heterocycles. The molecule has 0 radical (unpaired) electrons. The van der Waals surface area contributed by atoms with Crippen LogP contribution in [0.25, 0.3) is 5.52 Å². The van der Waals surface area contributed by atoms with Crippen LogP contribution in [0, 0.1) is 6.92 Å². The summed E-state index contributed by atoms with van der Waals surface area (Å²) < 4.78 is 67.4. The lowest BCUT2D eigenvalue weighted by Crippen LogP contribution is -2.31. The molecule has 150 valence electrons. The number of aromatic nitrogens is 2. The smallest absolute Gasteiger partial charge is 0.268 e. The van der Waals surface area contributed by atoms with Crippen molar-refractivity contribution in [2.45, 2.75) is 23.7 Å². The van der Waals surface area contributed by atoms with Crippen molar-refractivity contribution >= 4 is 21.4 Å². The van der Waals surface area contributed by atoms with E-state index in [-0.39, 0.29) is 16.0 Å². The molecular weight excluding hydrogens is 411 g/mol. The molecule has 1 amide bonds. The van der Waals surface area contributed by atoms with Crippen molar-refractivity contribution in [2.24, 2.45) is 10.2 Å². The van der Waals surface area contributed by atoms with Crippen molar-refractivity contribution in [2.75, 3.05) is 0 Å². The first kappa shape index (κ1) is 19.1. The van der Waals surface area contributed by atoms with E-state index in [9.17, 15) is 26.4 Å². The van der Waals surface area contributed by atoms with E-state index < -0.39 is 27.8 Å². The number of aryl methyl sites for hydroxylation is 1. The Morgan fingerprint density at radius 1 is 1.14 bits per heavy atom. The quantitative estimate of drug-likeness (QED) is 0.696. The fourth-order valence-corrected chi connectivity index (χ4v) is 3.77. The molecule has 0 bridgehead atoms. The van der Waals surface area contributed by atoms with Crippen molar-refractivity contribution < 1.29 is 26.4 Å². The molecule has 0 saturated heterocycles. The van der Waals surface area contributed by atoms with Crippen molar-refractivity contribution in [1.82, 2.24) is 14.3 Å². The standard InChI is InChI=1S/C17H12F3N5O3S/c1-10-6-7-25-14(8-10)13(9-21-25)15(26)22-29(27,28)12-4-2-11(3-5-12)16(23-24-16)17(18,19)20/h2-9H,1H3,(H,22,26). The Hall–Kier alpha value is -3.28. The van der Waals surface area contributed by atoms with Gasteiger partial charge in [0, 0.05) is 11.8 Å². The summed E-state index contributed by atoms with van der Waals surface area (Å²) in [6.45, 7) is 1.80. The lowest BCUT2D eigenvalue weighted by atomic mass is 10.0. The minimum atomic E-state index is -4.72. The Labute approximate surface area is 162 Å². The van der Waals surface area contributed by atoms with Gasteiger partial charge in [0.2, 0.25) is 0 Å². The number of amides is 1. The lowest BCUT2D eigenvalue weighted by Gasteiger charge is -2.15. The Morgan fingerprint density at radius 3 is 2.38 bits per heavy atom. The van der Waals surface area contributed by atoms with Crippen LogP contribution in [-0.2, 0) is 15.7 Å². The molecule has 0 aliphatic carbocycles. The normalized spacial score (nSPS) is 15.4. The highest BCUT2D eigenvalue weighted by Gasteiger charge is 2.65. The van der Waals surface area contributed by atoms with Gasteiger partial charge in [0.1, 0.15) is 0 Å². The van der Waals surface area contributed by atoms with Crippen molar-refractivity contribution in [3.8, 4) is 0 Å². The Morgan fingerprint density at radius 2 is 1.79 bits per heavy atom. The summed E-state index contributed by atoms with van der Waals surface area (Å²) in [7, 11) is -4.32. The number of carbonyl (C=O) groups excluding carboxylic acids is 1. The highest BCUT2D eigenvalue weighted by Crippen LogP contribution is 2.52. The first-order valence-electron chi connectivity index (χ1n) is 8.16. The van der Waals surface area contributed by atoms with E-state index in [0.29, 0.717) is 5.52 Å². The number of sulfonamides is 1. The molecule has 1 aliphatic rings. The minimum Gasteiger partial charge on any atom is -0.268 e. The molecule has 29 heavy (non-hydrogen) atoms. The van der Waals surface area contributed by atoms with E-state index in [2.05, 4.69) is 15.3 Å². The molecule has 1 N–H and O–H groups in total. The summed E-state index contributed by atoms with van der Waals surface area (Å²) in [6, 6.07) is 7.29. The van der Waals surface area contributed by atoms with E-state index in [4.69, 9.17) is 0 Å². The zero-order valence-electron chi connectivity index (χ0n) is 14.7. The molecule has 0 fully saturated rings. The second kappa shape index (κ2) is 6.11. The van der Waals surface area contributed by atoms with Crippen LogP contribution in [0.5, 0.6) is 0 Å². The van der Waals surface area contributed by atoms with E-state index in [0.717, 1.165) is 29.8 Å². The van der Waals surface area contributed by atoms with Gasteiger partial charge in [-0.3, -0.25) is 4.79 Å². The Kier molecular flexibility index (Phi) is 4.01. The maximum absolute atomic E-state index is 13.0. The van der Waals surface area contributed by atoms with Gasteiger partial charge in [0.25, 0.3) is 15.9 Å². The molecule has 12 heteroatoms. The SMILES string of the molecule is Cc1ccn2ncc(C(=O)NS(=O)(=O)c3ccc(C4(C(F)(F)F)N=N4)cc3)c2c1. The molecule has 0 atom stereocenters. The number of halogens is 3. The predicted molar refractivity (Wildman–Crippen MR) is 93.6 cm³/mol. The maximum atomic E-state index is 13.0. The van der Waals surface area contributed by atoms with Gasteiger partial charge in [0.05, 0.1) is 22.2 Å². The lowest BCUT2D eigenvalue weighted by molar-refractivity contribution is -0.166. The third-order valence-electron chi connectivity index (χ3n) is 4.41. The highest BCUT2D eigenvalue weighted by molar-refractivity contribution is 7.90. The zero-order chi connectivity index (χ0) is 21.0. The van der Waals surface area contributed by atoms with Crippen LogP contribution < -0.4 is 4.72 Å². The number of nitrogens with zero attached hydrogens (tertiary/aromatic N) is 4. The predicted octanol–water partition coefficient (Wildman–Crippen LogP) is 2.94. The van der Waals surface area contributed by atoms with Crippen LogP contribution in [-0.4, -0.2) is 30.1 Å². The molecule has 8 nitrogen and oxygen atoms in total. The van der Waals surface area contributed by atoms with Gasteiger partial charge in [-0.15, -0.1) is 10.2 Å². The average molecular weight is 423 g/mol. The van der Waals surface area contributed by atoms with Crippen LogP contribution in [0.1, 0.15) is 21.5 Å². The van der Waals surface area contributed by atoms with Crippen LogP contribution in [0.3, 0.4) is 0 Å². The molecule has 4 rings (SSSR count). The van der Waals surface area contributed by atoms with Crippen molar-refractivity contribution in [1.29, 1.82) is 0 Å². The number of carbonyl (C=O) groups is 1. The topological polar surface area (TPSA) is 105 Å². The third-order valence-corrected chi connectivity index (χ3v) is 5.76. The third kappa shape index (κ3) is 3.14. The van der Waals surface area contributed by atoms with Gasteiger partial charge in [-0.1, -0.05) is 12.1 Å². The molecule has 0 spiro atoms. The summed E-state index contributed by atoms with van der Waals surface area (Å²) in [5.74, 6) is -0.909. The molecule has 3 heterocycles. The van der Waals surface area contributed by atoms with Crippen LogP contribution in [0.4, 0.5) is 13.2 Å². The van der Waals surface area contributed by atoms with Gasteiger partial charge in [-0.25, -0.2) is 17.7 Å². The summed E-state index contributed by atoms with van der Waals surface area (Å²) in [6.07, 6.45) is -1.87. The van der Waals surface area contributed by atoms with E-state index in [1.165, 1.54) is 10.7 Å². The number of rotatable bonds is 4. The zero-order valence-corrected chi connectivity index (χ0v) is 15.5. The van der Waals surface area contributed by atoms with Crippen molar-refractivity contribution in [3.63, 3.8) is 0 Å². The molecular formula is C17H12F3N5O3S. The number of hydrogen-bond donors (Lipinski definition) is 1. The number of alkyl halides is 3. The fourth-order valence-electron chi connectivity index (χ4n) is 2.81. The fraction of sp³-hybridized carbons (Fsp3) is 0.176. The molecule has 3 aromatic rings. The molecule has 2 aromatic heterocycles. The second-order valence-corrected chi connectivity index (χ2v) is 8.10. The van der Waals surface area contributed by atoms with E-state index in [1.54, 1.807) is 25.3 Å². The van der Waals surface area contributed by atoms with Crippen molar-refractivity contribution in [3.05, 3.63) is 65.5 Å². The van der Waals surface area contributed by atoms with Crippen LogP contribution in [0.15, 0.2) is 63.9 Å². The van der Waals surface area contributed by atoms with Gasteiger partial charge in [0.15, 0.2) is 0 Å². The van der Waals surface area contributed by atoms with Crippen LogP contribution in [0.2, 0.25) is 0 Å². The largest absolute Gasteiger partial charge is 0.442 e. The Balaban J connectivity index is 1.59. The van der Waals surface area contributed by atoms with Gasteiger partial charge in [-0.05, 0) is 36.8 Å². The van der Waals surface area contributed by atoms with Crippen LogP contribution >= 0.6 is 0 Å². The summed E-state index contributed by atoms with van der Waals surface area (Å²) in [5, 5.41) is 10.1. The monoisotopic (exact) mass is 423 g/mol. The van der Waals surface area contributed by atoms with E-state index in [1.807, 2.05) is 4.72 Å². The maximum Gasteiger partial charge on any atom is 0.442 e. The molecule has 0 unspecified atom stereocenters. The Bertz CT molecular complexity index is 1260. The number of nitrogens with one attached hydrogen (secondary N) is 1. The molecule has 1 aromatic carbocycles. The van der Waals surface area contributed by atoms with Gasteiger partial charge < -0.3 is 0 Å². The van der Waals surface area contributed by atoms with E-state index >= 15 is 0 Å². The number of pyridine rings is 1. The first-order chi connectivity index (χ1) is 13.5. The first-order valence-corrected chi connectivity index (χ1v) is 9.64. The number of fused-ring (bicyclic) bond motifs is 1. The summed E-state index contributed by atoms with van der Waals surface area (Å²) in [4.78, 5) is 12.1. The second-order valence-electron chi connectivity index (χ2n) is 6.42. The van der Waals surface area contributed by atoms with Gasteiger partial charge in [-0.2, -0.15) is 18.3 Å². The number of hydrogen-bond acceptors (Lipinski definition) is 6. The van der Waals surface area contributed by atoms with Gasteiger partial charge >= 0.3 is 11.8 Å². The average Bonchev–Trinajstić information content (AvgIpc) is 3.36. The molecule has 0 saturated carbocycles. The number of benzene rings is 1. The minimum absolute atomic E-state index is 0.0421.